The number of hydrogen-bond acceptors (Lipinski definition) is 2. The van der Waals surface area contributed by atoms with Gasteiger partial charge in [-0.1, -0.05) is 24.6 Å². The van der Waals surface area contributed by atoms with Crippen LogP contribution in [0.1, 0.15) is 42.4 Å². The Hall–Kier alpha value is -1.84. The molecule has 0 aliphatic heterocycles. The third-order valence-corrected chi connectivity index (χ3v) is 3.37. The second-order valence-corrected chi connectivity index (χ2v) is 5.10. The molecule has 110 valence electrons. The molecule has 1 aromatic carbocycles. The van der Waals surface area contributed by atoms with Gasteiger partial charge in [-0.2, -0.15) is 0 Å². The fraction of sp³-hybridized carbons (Fsp3) is 0.500. The summed E-state index contributed by atoms with van der Waals surface area (Å²) in [6.45, 7) is 4.65. The van der Waals surface area contributed by atoms with Gasteiger partial charge in [-0.25, -0.2) is 0 Å². The van der Waals surface area contributed by atoms with Crippen molar-refractivity contribution in [1.29, 1.82) is 0 Å². The summed E-state index contributed by atoms with van der Waals surface area (Å²) in [5.74, 6) is -0.732. The van der Waals surface area contributed by atoms with Crippen LogP contribution in [0.2, 0.25) is 0 Å². The minimum absolute atomic E-state index is 0.0284. The van der Waals surface area contributed by atoms with Gasteiger partial charge in [-0.3, -0.25) is 9.59 Å². The molecule has 1 rings (SSSR count). The molecule has 0 bridgehead atoms. The number of rotatable bonds is 8. The predicted molar refractivity (Wildman–Crippen MR) is 78.7 cm³/mol. The van der Waals surface area contributed by atoms with Gasteiger partial charge in [0.05, 0.1) is 6.42 Å². The fourth-order valence-corrected chi connectivity index (χ4v) is 2.16. The van der Waals surface area contributed by atoms with Gasteiger partial charge in [0.1, 0.15) is 0 Å². The summed E-state index contributed by atoms with van der Waals surface area (Å²) in [7, 11) is 0. The number of aliphatic carboxylic acids is 1. The van der Waals surface area contributed by atoms with Crippen molar-refractivity contribution in [3.63, 3.8) is 0 Å². The quantitative estimate of drug-likeness (QED) is 0.718. The van der Waals surface area contributed by atoms with Crippen LogP contribution in [-0.4, -0.2) is 23.5 Å². The zero-order valence-electron chi connectivity index (χ0n) is 12.2. The maximum Gasteiger partial charge on any atom is 0.303 e. The van der Waals surface area contributed by atoms with Crippen LogP contribution in [0.5, 0.6) is 0 Å². The standard InChI is InChI=1S/C16H23NO3/c1-12-7-6-8-13(2)14(12)11-15(18)17-10-5-3-4-9-16(19)20/h6-8H,3-5,9-11H2,1-2H3,(H,17,18)(H,19,20). The van der Waals surface area contributed by atoms with E-state index in [1.807, 2.05) is 32.0 Å². The lowest BCUT2D eigenvalue weighted by Crippen LogP contribution is -2.26. The smallest absolute Gasteiger partial charge is 0.303 e. The molecule has 0 saturated heterocycles. The Balaban J connectivity index is 2.25. The molecule has 4 heteroatoms. The number of benzene rings is 1. The topological polar surface area (TPSA) is 66.4 Å². The highest BCUT2D eigenvalue weighted by atomic mass is 16.4. The molecule has 0 heterocycles. The molecule has 0 spiro atoms. The van der Waals surface area contributed by atoms with E-state index in [1.165, 1.54) is 0 Å². The molecule has 4 nitrogen and oxygen atoms in total. The lowest BCUT2D eigenvalue weighted by atomic mass is 10.00. The van der Waals surface area contributed by atoms with Gasteiger partial charge in [-0.15, -0.1) is 0 Å². The predicted octanol–water partition coefficient (Wildman–Crippen LogP) is 2.61. The van der Waals surface area contributed by atoms with Gasteiger partial charge in [-0.05, 0) is 43.4 Å². The van der Waals surface area contributed by atoms with Gasteiger partial charge in [0.15, 0.2) is 0 Å². The zero-order chi connectivity index (χ0) is 15.0. The van der Waals surface area contributed by atoms with E-state index >= 15 is 0 Å². The number of amides is 1. The second kappa shape index (κ2) is 8.35. The van der Waals surface area contributed by atoms with Gasteiger partial charge >= 0.3 is 5.97 Å². The van der Waals surface area contributed by atoms with E-state index in [9.17, 15) is 9.59 Å². The summed E-state index contributed by atoms with van der Waals surface area (Å²) in [6, 6.07) is 6.03. The lowest BCUT2D eigenvalue weighted by Gasteiger charge is -2.10. The highest BCUT2D eigenvalue weighted by Crippen LogP contribution is 2.13. The van der Waals surface area contributed by atoms with Gasteiger partial charge < -0.3 is 10.4 Å². The Kier molecular flexibility index (Phi) is 6.77. The molecule has 0 aliphatic carbocycles. The van der Waals surface area contributed by atoms with Crippen molar-refractivity contribution >= 4 is 11.9 Å². The van der Waals surface area contributed by atoms with E-state index < -0.39 is 5.97 Å². The van der Waals surface area contributed by atoms with Crippen LogP contribution in [-0.2, 0) is 16.0 Å². The second-order valence-electron chi connectivity index (χ2n) is 5.10. The Morgan fingerprint density at radius 1 is 1.10 bits per heavy atom. The van der Waals surface area contributed by atoms with Crippen LogP contribution in [0.25, 0.3) is 0 Å². The minimum atomic E-state index is -0.760. The van der Waals surface area contributed by atoms with E-state index in [4.69, 9.17) is 5.11 Å². The summed E-state index contributed by atoms with van der Waals surface area (Å²) >= 11 is 0. The van der Waals surface area contributed by atoms with E-state index in [-0.39, 0.29) is 12.3 Å². The number of nitrogens with one attached hydrogen (secondary N) is 1. The van der Waals surface area contributed by atoms with Crippen molar-refractivity contribution in [3.8, 4) is 0 Å². The number of hydrogen-bond donors (Lipinski definition) is 2. The first kappa shape index (κ1) is 16.2. The SMILES string of the molecule is Cc1cccc(C)c1CC(=O)NCCCCCC(=O)O. The Bertz CT molecular complexity index is 449. The number of carbonyl (C=O) groups excluding carboxylic acids is 1. The third-order valence-electron chi connectivity index (χ3n) is 3.37. The first-order valence-corrected chi connectivity index (χ1v) is 7.04. The minimum Gasteiger partial charge on any atom is -0.481 e. The van der Waals surface area contributed by atoms with E-state index in [0.29, 0.717) is 19.4 Å². The molecule has 0 aliphatic rings. The number of aryl methyl sites for hydroxylation is 2. The largest absolute Gasteiger partial charge is 0.481 e. The normalized spacial score (nSPS) is 10.3. The van der Waals surface area contributed by atoms with Crippen molar-refractivity contribution in [2.24, 2.45) is 0 Å². The zero-order valence-corrected chi connectivity index (χ0v) is 12.2. The Morgan fingerprint density at radius 3 is 2.35 bits per heavy atom. The molecule has 0 aromatic heterocycles. The van der Waals surface area contributed by atoms with Gasteiger partial charge in [0, 0.05) is 13.0 Å². The van der Waals surface area contributed by atoms with Crippen LogP contribution < -0.4 is 5.32 Å². The Labute approximate surface area is 120 Å². The van der Waals surface area contributed by atoms with Crippen molar-refractivity contribution in [2.45, 2.75) is 46.0 Å². The summed E-state index contributed by atoms with van der Waals surface area (Å²) in [4.78, 5) is 22.2. The van der Waals surface area contributed by atoms with Crippen LogP contribution >= 0.6 is 0 Å². The highest BCUT2D eigenvalue weighted by Gasteiger charge is 2.07. The molecule has 20 heavy (non-hydrogen) atoms. The van der Waals surface area contributed by atoms with Crippen LogP contribution in [0, 0.1) is 13.8 Å². The molecule has 0 atom stereocenters. The first-order valence-electron chi connectivity index (χ1n) is 7.04. The highest BCUT2D eigenvalue weighted by molar-refractivity contribution is 5.79. The van der Waals surface area contributed by atoms with Crippen molar-refractivity contribution in [1.82, 2.24) is 5.32 Å². The van der Waals surface area contributed by atoms with Crippen molar-refractivity contribution < 1.29 is 14.7 Å². The van der Waals surface area contributed by atoms with Gasteiger partial charge in [0.25, 0.3) is 0 Å². The summed E-state index contributed by atoms with van der Waals surface area (Å²) in [5, 5.41) is 11.4. The van der Waals surface area contributed by atoms with Crippen LogP contribution in [0.3, 0.4) is 0 Å². The monoisotopic (exact) mass is 277 g/mol. The van der Waals surface area contributed by atoms with Crippen LogP contribution in [0.4, 0.5) is 0 Å². The molecule has 2 N–H and O–H groups in total. The van der Waals surface area contributed by atoms with Crippen LogP contribution in [0.15, 0.2) is 18.2 Å². The fourth-order valence-electron chi connectivity index (χ4n) is 2.16. The maximum absolute atomic E-state index is 11.9. The number of carboxylic acids is 1. The number of carboxylic acid groups (broad SMARTS) is 1. The molecule has 1 aromatic rings. The summed E-state index contributed by atoms with van der Waals surface area (Å²) in [5.41, 5.74) is 3.37. The molecule has 1 amide bonds. The summed E-state index contributed by atoms with van der Waals surface area (Å²) in [6.07, 6.45) is 2.94. The molecule has 0 saturated carbocycles. The van der Waals surface area contributed by atoms with E-state index in [1.54, 1.807) is 0 Å². The maximum atomic E-state index is 11.9. The lowest BCUT2D eigenvalue weighted by molar-refractivity contribution is -0.137. The molecule has 0 radical (unpaired) electrons. The average molecular weight is 277 g/mol. The molecular formula is C16H23NO3. The number of unbranched alkanes of at least 4 members (excludes halogenated alkanes) is 2. The summed E-state index contributed by atoms with van der Waals surface area (Å²) < 4.78 is 0. The van der Waals surface area contributed by atoms with Crippen molar-refractivity contribution in [2.75, 3.05) is 6.54 Å². The first-order chi connectivity index (χ1) is 9.50. The molecular weight excluding hydrogens is 254 g/mol. The molecule has 0 fully saturated rings. The average Bonchev–Trinajstić information content (AvgIpc) is 2.38. The van der Waals surface area contributed by atoms with Gasteiger partial charge in [0.2, 0.25) is 5.91 Å². The third kappa shape index (κ3) is 5.87. The van der Waals surface area contributed by atoms with E-state index in [2.05, 4.69) is 5.32 Å². The molecule has 0 unspecified atom stereocenters. The van der Waals surface area contributed by atoms with Crippen molar-refractivity contribution in [3.05, 3.63) is 34.9 Å². The Morgan fingerprint density at radius 2 is 1.75 bits per heavy atom. The van der Waals surface area contributed by atoms with E-state index in [0.717, 1.165) is 29.5 Å². The number of carbonyl (C=O) groups is 2.